The Balaban J connectivity index is 0.00000169. The minimum Gasteiger partial charge on any atom is -0.377 e. The topological polar surface area (TPSA) is 39.2 Å². The summed E-state index contributed by atoms with van der Waals surface area (Å²) in [4.78, 5) is 15.0. The molecule has 72 valence electrons. The number of hydrogen-bond acceptors (Lipinski definition) is 3. The number of methoxy groups -OCH3 is 1. The molecule has 1 aromatic heterocycles. The van der Waals surface area contributed by atoms with Crippen molar-refractivity contribution >= 4 is 5.78 Å². The summed E-state index contributed by atoms with van der Waals surface area (Å²) in [6.07, 6.45) is 4.77. The number of nitrogens with zero attached hydrogens (tertiary/aromatic N) is 1. The molecule has 0 fully saturated rings. The maximum Gasteiger partial charge on any atom is 0.158 e. The fraction of sp³-hybridized carbons (Fsp3) is 0.400. The molecule has 0 aliphatic heterocycles. The van der Waals surface area contributed by atoms with Gasteiger partial charge in [-0.05, 0) is 24.1 Å². The molecule has 0 radical (unpaired) electrons. The Kier molecular flexibility index (Phi) is 4.12. The zero-order chi connectivity index (χ0) is 9.52. The van der Waals surface area contributed by atoms with Crippen LogP contribution >= 0.6 is 0 Å². The molecular formula is C10H15NO2. The highest BCUT2D eigenvalue weighted by Crippen LogP contribution is 2.01. The fourth-order valence-corrected chi connectivity index (χ4v) is 1.07. The summed E-state index contributed by atoms with van der Waals surface area (Å²) < 4.78 is 4.73. The molecule has 1 aromatic rings. The summed E-state index contributed by atoms with van der Waals surface area (Å²) in [5.41, 5.74) is 1.14. The van der Waals surface area contributed by atoms with Gasteiger partial charge >= 0.3 is 0 Å². The number of ketones is 1. The lowest BCUT2D eigenvalue weighted by molar-refractivity contribution is -0.122. The van der Waals surface area contributed by atoms with E-state index in [-0.39, 0.29) is 13.8 Å². The van der Waals surface area contributed by atoms with Crippen molar-refractivity contribution in [2.45, 2.75) is 12.8 Å². The van der Waals surface area contributed by atoms with Crippen molar-refractivity contribution in [1.29, 1.82) is 0 Å². The zero-order valence-electron chi connectivity index (χ0n) is 7.69. The smallest absolute Gasteiger partial charge is 0.158 e. The van der Waals surface area contributed by atoms with Crippen LogP contribution in [0, 0.1) is 0 Å². The molecule has 0 saturated carbocycles. The number of pyridine rings is 1. The van der Waals surface area contributed by atoms with E-state index in [0.29, 0.717) is 6.42 Å². The van der Waals surface area contributed by atoms with Gasteiger partial charge in [0.15, 0.2) is 5.78 Å². The second-order valence-corrected chi connectivity index (χ2v) is 2.83. The number of carbonyl (C=O) groups excluding carboxylic acids is 1. The third kappa shape index (κ3) is 3.80. The molecule has 3 heteroatoms. The van der Waals surface area contributed by atoms with Crippen LogP contribution in [0.15, 0.2) is 24.5 Å². The van der Waals surface area contributed by atoms with Gasteiger partial charge in [-0.25, -0.2) is 0 Å². The van der Waals surface area contributed by atoms with Crippen LogP contribution in [0.4, 0.5) is 0 Å². The van der Waals surface area contributed by atoms with Crippen LogP contribution in [0.1, 0.15) is 13.4 Å². The molecule has 1 rings (SSSR count). The van der Waals surface area contributed by atoms with Gasteiger partial charge in [0.05, 0.1) is 0 Å². The number of rotatable bonds is 5. The van der Waals surface area contributed by atoms with E-state index in [1.54, 1.807) is 12.4 Å². The number of hydrogen-bond donors (Lipinski definition) is 0. The predicted octanol–water partition coefficient (Wildman–Crippen LogP) is 1.48. The van der Waals surface area contributed by atoms with E-state index in [1.165, 1.54) is 7.11 Å². The summed E-state index contributed by atoms with van der Waals surface area (Å²) in [6.45, 7) is 0.213. The Hall–Kier alpha value is -1.22. The molecule has 13 heavy (non-hydrogen) atoms. The summed E-state index contributed by atoms with van der Waals surface area (Å²) in [5, 5.41) is 0. The van der Waals surface area contributed by atoms with Gasteiger partial charge in [0.2, 0.25) is 0 Å². The van der Waals surface area contributed by atoms with Crippen molar-refractivity contribution in [2.24, 2.45) is 0 Å². The van der Waals surface area contributed by atoms with Gasteiger partial charge in [0, 0.05) is 27.4 Å². The van der Waals surface area contributed by atoms with Gasteiger partial charge in [-0.3, -0.25) is 9.78 Å². The first kappa shape index (κ1) is 9.86. The number of aromatic nitrogens is 1. The summed E-state index contributed by atoms with van der Waals surface area (Å²) in [6, 6.07) is 3.83. The van der Waals surface area contributed by atoms with E-state index in [2.05, 4.69) is 4.98 Å². The molecular weight excluding hydrogens is 166 g/mol. The van der Waals surface area contributed by atoms with Crippen LogP contribution in [-0.4, -0.2) is 24.5 Å². The Morgan fingerprint density at radius 1 is 1.54 bits per heavy atom. The predicted molar refractivity (Wildman–Crippen MR) is 51.6 cm³/mol. The van der Waals surface area contributed by atoms with E-state index in [4.69, 9.17) is 4.74 Å². The van der Waals surface area contributed by atoms with E-state index in [0.717, 1.165) is 12.0 Å². The molecule has 0 aromatic carbocycles. The van der Waals surface area contributed by atoms with E-state index < -0.39 is 0 Å². The second kappa shape index (κ2) is 5.43. The van der Waals surface area contributed by atoms with Crippen LogP contribution in [0.5, 0.6) is 0 Å². The van der Waals surface area contributed by atoms with E-state index >= 15 is 0 Å². The first-order chi connectivity index (χ1) is 6.33. The Labute approximate surface area is 79.2 Å². The van der Waals surface area contributed by atoms with Crippen LogP contribution in [0.25, 0.3) is 0 Å². The lowest BCUT2D eigenvalue weighted by Gasteiger charge is -1.99. The first-order valence-corrected chi connectivity index (χ1v) is 4.22. The molecule has 0 aliphatic carbocycles. The van der Waals surface area contributed by atoms with Crippen molar-refractivity contribution < 1.29 is 11.0 Å². The van der Waals surface area contributed by atoms with Gasteiger partial charge in [0.1, 0.15) is 6.61 Å². The Morgan fingerprint density at radius 2 is 2.23 bits per heavy atom. The van der Waals surface area contributed by atoms with Crippen molar-refractivity contribution in [1.82, 2.24) is 4.98 Å². The van der Waals surface area contributed by atoms with E-state index in [9.17, 15) is 4.79 Å². The van der Waals surface area contributed by atoms with Crippen molar-refractivity contribution in [3.8, 4) is 0 Å². The molecule has 0 aliphatic rings. The van der Waals surface area contributed by atoms with Gasteiger partial charge in [-0.1, -0.05) is 0 Å². The van der Waals surface area contributed by atoms with Crippen LogP contribution in [-0.2, 0) is 16.0 Å². The van der Waals surface area contributed by atoms with Crippen molar-refractivity contribution in [2.75, 3.05) is 13.7 Å². The molecule has 0 N–H and O–H groups in total. The molecule has 0 saturated heterocycles. The Morgan fingerprint density at radius 3 is 2.85 bits per heavy atom. The van der Waals surface area contributed by atoms with Crippen LogP contribution in [0.2, 0.25) is 0 Å². The van der Waals surface area contributed by atoms with Gasteiger partial charge in [-0.15, -0.1) is 0 Å². The van der Waals surface area contributed by atoms with Gasteiger partial charge in [-0.2, -0.15) is 0 Å². The third-order valence-electron chi connectivity index (χ3n) is 1.75. The molecule has 3 nitrogen and oxygen atoms in total. The van der Waals surface area contributed by atoms with Crippen molar-refractivity contribution in [3.63, 3.8) is 0 Å². The zero-order valence-corrected chi connectivity index (χ0v) is 7.69. The van der Waals surface area contributed by atoms with Crippen LogP contribution < -0.4 is 0 Å². The lowest BCUT2D eigenvalue weighted by Crippen LogP contribution is -2.07. The third-order valence-corrected chi connectivity index (χ3v) is 1.75. The highest BCUT2D eigenvalue weighted by molar-refractivity contribution is 5.79. The normalized spacial score (nSPS) is 9.92. The number of Topliss-reactive ketones (excluding diaryl/α,β-unsaturated/α-hetero) is 1. The molecule has 0 atom stereocenters. The molecule has 0 unspecified atom stereocenters. The fourth-order valence-electron chi connectivity index (χ4n) is 1.07. The summed E-state index contributed by atoms with van der Waals surface area (Å²) in [5.74, 6) is 0.138. The largest absolute Gasteiger partial charge is 0.377 e. The highest BCUT2D eigenvalue weighted by Gasteiger charge is 2.00. The number of aryl methyl sites for hydroxylation is 1. The summed E-state index contributed by atoms with van der Waals surface area (Å²) >= 11 is 0. The lowest BCUT2D eigenvalue weighted by atomic mass is 10.1. The standard InChI is InChI=1S/C10H13NO2.H2/c1-13-8-10(12)3-2-9-4-6-11-7-5-9;/h4-7H,2-3,8H2,1H3;1H. The SMILES string of the molecule is COCC(=O)CCc1ccncc1.[HH]. The van der Waals surface area contributed by atoms with Gasteiger partial charge in [0.25, 0.3) is 0 Å². The number of ether oxygens (including phenoxy) is 1. The average molecular weight is 181 g/mol. The maximum atomic E-state index is 11.1. The van der Waals surface area contributed by atoms with E-state index in [1.807, 2.05) is 12.1 Å². The van der Waals surface area contributed by atoms with Crippen LogP contribution in [0.3, 0.4) is 0 Å². The quantitative estimate of drug-likeness (QED) is 0.690. The minimum atomic E-state index is 0. The molecule has 0 amide bonds. The van der Waals surface area contributed by atoms with Crippen molar-refractivity contribution in [3.05, 3.63) is 30.1 Å². The van der Waals surface area contributed by atoms with Gasteiger partial charge < -0.3 is 4.74 Å². The Bertz CT molecular complexity index is 264. The molecule has 0 spiro atoms. The maximum absolute atomic E-state index is 11.1. The second-order valence-electron chi connectivity index (χ2n) is 2.83. The summed E-state index contributed by atoms with van der Waals surface area (Å²) in [7, 11) is 1.53. The molecule has 0 bridgehead atoms. The minimum absolute atomic E-state index is 0. The monoisotopic (exact) mass is 181 g/mol. The molecule has 1 heterocycles. The first-order valence-electron chi connectivity index (χ1n) is 4.22. The number of carbonyl (C=O) groups is 1. The average Bonchev–Trinajstić information content (AvgIpc) is 2.17. The highest BCUT2D eigenvalue weighted by atomic mass is 16.5.